The quantitative estimate of drug-likeness (QED) is 0.791. The number of likely N-dealkylation sites (N-methyl/N-ethyl adjacent to an activating group) is 1. The lowest BCUT2D eigenvalue weighted by atomic mass is 10.1. The third-order valence-electron chi connectivity index (χ3n) is 4.56. The molecular weight excluding hydrogens is 302 g/mol. The van der Waals surface area contributed by atoms with Gasteiger partial charge in [-0.1, -0.05) is 27.7 Å². The van der Waals surface area contributed by atoms with E-state index in [9.17, 15) is 4.79 Å². The lowest BCUT2D eigenvalue weighted by Crippen LogP contribution is -2.35. The third kappa shape index (κ3) is 4.90. The zero-order valence-corrected chi connectivity index (χ0v) is 15.5. The summed E-state index contributed by atoms with van der Waals surface area (Å²) in [6.45, 7) is 13.9. The molecule has 6 heteroatoms. The highest BCUT2D eigenvalue weighted by Gasteiger charge is 2.19. The standard InChI is InChI=1S/C18H31N5O/c1-5-22(6-2)12-9-19-17(24)16-13-15(14(3)4)20-18(21-16)23-10-7-8-11-23/h13-14H,5-12H2,1-4H3,(H,19,24). The van der Waals surface area contributed by atoms with Crippen LogP contribution in [0.2, 0.25) is 0 Å². The molecule has 6 nitrogen and oxygen atoms in total. The highest BCUT2D eigenvalue weighted by Crippen LogP contribution is 2.20. The van der Waals surface area contributed by atoms with E-state index in [0.717, 1.165) is 38.4 Å². The normalized spacial score (nSPS) is 14.7. The summed E-state index contributed by atoms with van der Waals surface area (Å²) in [4.78, 5) is 26.2. The molecule has 24 heavy (non-hydrogen) atoms. The first-order valence-electron chi connectivity index (χ1n) is 9.19. The molecule has 0 saturated carbocycles. The molecule has 1 amide bonds. The fourth-order valence-corrected chi connectivity index (χ4v) is 2.88. The number of nitrogens with one attached hydrogen (secondary N) is 1. The average molecular weight is 333 g/mol. The van der Waals surface area contributed by atoms with Crippen LogP contribution in [0.15, 0.2) is 6.07 Å². The second kappa shape index (κ2) is 8.97. The minimum absolute atomic E-state index is 0.105. The highest BCUT2D eigenvalue weighted by atomic mass is 16.1. The summed E-state index contributed by atoms with van der Waals surface area (Å²) in [5, 5.41) is 2.99. The van der Waals surface area contributed by atoms with Gasteiger partial charge in [-0.05, 0) is 37.9 Å². The van der Waals surface area contributed by atoms with Crippen LogP contribution in [0, 0.1) is 0 Å². The number of hydrogen-bond donors (Lipinski definition) is 1. The van der Waals surface area contributed by atoms with E-state index in [1.54, 1.807) is 0 Å². The predicted octanol–water partition coefficient (Wildman–Crippen LogP) is 2.27. The minimum Gasteiger partial charge on any atom is -0.349 e. The van der Waals surface area contributed by atoms with Crippen molar-refractivity contribution in [3.05, 3.63) is 17.5 Å². The van der Waals surface area contributed by atoms with Crippen molar-refractivity contribution in [1.82, 2.24) is 20.2 Å². The van der Waals surface area contributed by atoms with Crippen molar-refractivity contribution in [2.24, 2.45) is 0 Å². The van der Waals surface area contributed by atoms with Gasteiger partial charge in [0.25, 0.3) is 5.91 Å². The molecular formula is C18H31N5O. The number of hydrogen-bond acceptors (Lipinski definition) is 5. The minimum atomic E-state index is -0.105. The summed E-state index contributed by atoms with van der Waals surface area (Å²) < 4.78 is 0. The smallest absolute Gasteiger partial charge is 0.270 e. The van der Waals surface area contributed by atoms with Crippen LogP contribution in [0.25, 0.3) is 0 Å². The van der Waals surface area contributed by atoms with Crippen LogP contribution in [0.1, 0.15) is 62.6 Å². The Morgan fingerprint density at radius 3 is 2.50 bits per heavy atom. The van der Waals surface area contributed by atoms with Crippen molar-refractivity contribution < 1.29 is 4.79 Å². The lowest BCUT2D eigenvalue weighted by Gasteiger charge is -2.19. The number of nitrogens with zero attached hydrogens (tertiary/aromatic N) is 4. The van der Waals surface area contributed by atoms with Gasteiger partial charge in [-0.2, -0.15) is 0 Å². The fraction of sp³-hybridized carbons (Fsp3) is 0.722. The van der Waals surface area contributed by atoms with Gasteiger partial charge in [-0.3, -0.25) is 4.79 Å². The van der Waals surface area contributed by atoms with E-state index in [0.29, 0.717) is 18.2 Å². The Labute approximate surface area is 145 Å². The second-order valence-electron chi connectivity index (χ2n) is 6.61. The van der Waals surface area contributed by atoms with E-state index in [1.807, 2.05) is 6.07 Å². The molecule has 1 aromatic heterocycles. The third-order valence-corrected chi connectivity index (χ3v) is 4.56. The topological polar surface area (TPSA) is 61.4 Å². The van der Waals surface area contributed by atoms with Crippen LogP contribution >= 0.6 is 0 Å². The molecule has 1 aliphatic rings. The molecule has 1 fully saturated rings. The first-order valence-corrected chi connectivity index (χ1v) is 9.19. The molecule has 1 aromatic rings. The summed E-state index contributed by atoms with van der Waals surface area (Å²) in [7, 11) is 0. The van der Waals surface area contributed by atoms with Gasteiger partial charge >= 0.3 is 0 Å². The Kier molecular flexibility index (Phi) is 6.97. The molecule has 134 valence electrons. The summed E-state index contributed by atoms with van der Waals surface area (Å²) in [5.74, 6) is 0.871. The zero-order valence-electron chi connectivity index (χ0n) is 15.5. The Balaban J connectivity index is 2.08. The van der Waals surface area contributed by atoms with Crippen molar-refractivity contribution in [3.8, 4) is 0 Å². The maximum Gasteiger partial charge on any atom is 0.270 e. The summed E-state index contributed by atoms with van der Waals surface area (Å²) >= 11 is 0. The maximum atomic E-state index is 12.5. The van der Waals surface area contributed by atoms with Crippen LogP contribution in [0.5, 0.6) is 0 Å². The van der Waals surface area contributed by atoms with E-state index in [-0.39, 0.29) is 11.8 Å². The second-order valence-corrected chi connectivity index (χ2v) is 6.61. The van der Waals surface area contributed by atoms with Gasteiger partial charge in [-0.15, -0.1) is 0 Å². The molecule has 1 saturated heterocycles. The fourth-order valence-electron chi connectivity index (χ4n) is 2.88. The highest BCUT2D eigenvalue weighted by molar-refractivity contribution is 5.92. The molecule has 1 aliphatic heterocycles. The predicted molar refractivity (Wildman–Crippen MR) is 97.7 cm³/mol. The van der Waals surface area contributed by atoms with Crippen molar-refractivity contribution in [1.29, 1.82) is 0 Å². The van der Waals surface area contributed by atoms with E-state index in [1.165, 1.54) is 12.8 Å². The first kappa shape index (κ1) is 18.6. The summed E-state index contributed by atoms with van der Waals surface area (Å²) in [6.07, 6.45) is 2.33. The number of aromatic nitrogens is 2. The largest absolute Gasteiger partial charge is 0.349 e. The van der Waals surface area contributed by atoms with Gasteiger partial charge in [0.05, 0.1) is 0 Å². The van der Waals surface area contributed by atoms with Crippen LogP contribution in [-0.4, -0.2) is 60.0 Å². The van der Waals surface area contributed by atoms with Crippen LogP contribution in [0.4, 0.5) is 5.95 Å². The van der Waals surface area contributed by atoms with Crippen molar-refractivity contribution in [2.45, 2.75) is 46.5 Å². The number of rotatable bonds is 8. The Morgan fingerprint density at radius 1 is 1.25 bits per heavy atom. The van der Waals surface area contributed by atoms with Crippen molar-refractivity contribution >= 4 is 11.9 Å². The zero-order chi connectivity index (χ0) is 17.5. The van der Waals surface area contributed by atoms with Crippen LogP contribution in [0.3, 0.4) is 0 Å². The molecule has 0 spiro atoms. The van der Waals surface area contributed by atoms with E-state index >= 15 is 0 Å². The molecule has 1 N–H and O–H groups in total. The number of carbonyl (C=O) groups is 1. The van der Waals surface area contributed by atoms with Gasteiger partial charge < -0.3 is 15.1 Å². The van der Waals surface area contributed by atoms with E-state index < -0.39 is 0 Å². The Bertz CT molecular complexity index is 536. The molecule has 0 unspecified atom stereocenters. The first-order chi connectivity index (χ1) is 11.5. The number of anilines is 1. The Hall–Kier alpha value is -1.69. The maximum absolute atomic E-state index is 12.5. The molecule has 0 atom stereocenters. The Morgan fingerprint density at radius 2 is 1.92 bits per heavy atom. The van der Waals surface area contributed by atoms with Gasteiger partial charge in [0.15, 0.2) is 0 Å². The number of amides is 1. The van der Waals surface area contributed by atoms with Gasteiger partial charge in [-0.25, -0.2) is 9.97 Å². The van der Waals surface area contributed by atoms with E-state index in [2.05, 4.69) is 52.8 Å². The SMILES string of the molecule is CCN(CC)CCNC(=O)c1cc(C(C)C)nc(N2CCCC2)n1. The summed E-state index contributed by atoms with van der Waals surface area (Å²) in [6, 6.07) is 1.83. The van der Waals surface area contributed by atoms with E-state index in [4.69, 9.17) is 0 Å². The van der Waals surface area contributed by atoms with Crippen LogP contribution in [-0.2, 0) is 0 Å². The monoisotopic (exact) mass is 333 g/mol. The van der Waals surface area contributed by atoms with Crippen molar-refractivity contribution in [2.75, 3.05) is 44.2 Å². The molecule has 0 aromatic carbocycles. The summed E-state index contributed by atoms with van der Waals surface area (Å²) in [5.41, 5.74) is 1.41. The molecule has 2 rings (SSSR count). The molecule has 0 radical (unpaired) electrons. The number of carbonyl (C=O) groups excluding carboxylic acids is 1. The van der Waals surface area contributed by atoms with Crippen LogP contribution < -0.4 is 10.2 Å². The molecule has 0 bridgehead atoms. The van der Waals surface area contributed by atoms with Crippen molar-refractivity contribution in [3.63, 3.8) is 0 Å². The lowest BCUT2D eigenvalue weighted by molar-refractivity contribution is 0.0943. The van der Waals surface area contributed by atoms with Gasteiger partial charge in [0.1, 0.15) is 5.69 Å². The molecule has 0 aliphatic carbocycles. The molecule has 2 heterocycles. The average Bonchev–Trinajstić information content (AvgIpc) is 3.12. The van der Waals surface area contributed by atoms with Gasteiger partial charge in [0.2, 0.25) is 5.95 Å². The van der Waals surface area contributed by atoms with Gasteiger partial charge in [0, 0.05) is 31.9 Å².